The van der Waals surface area contributed by atoms with Crippen molar-refractivity contribution in [3.05, 3.63) is 33.1 Å². The van der Waals surface area contributed by atoms with Gasteiger partial charge in [-0.05, 0) is 37.8 Å². The number of nitrogens with one attached hydrogen (secondary N) is 2. The van der Waals surface area contributed by atoms with Crippen molar-refractivity contribution in [2.45, 2.75) is 71.0 Å². The van der Waals surface area contributed by atoms with Crippen molar-refractivity contribution < 1.29 is 4.79 Å². The van der Waals surface area contributed by atoms with Crippen molar-refractivity contribution in [3.63, 3.8) is 0 Å². The lowest BCUT2D eigenvalue weighted by Gasteiger charge is -2.27. The summed E-state index contributed by atoms with van der Waals surface area (Å²) in [6.07, 6.45) is 4.73. The van der Waals surface area contributed by atoms with Crippen LogP contribution in [0.15, 0.2) is 18.2 Å². The number of aromatic nitrogens is 2. The molecule has 2 N–H and O–H groups in total. The van der Waals surface area contributed by atoms with E-state index in [1.54, 1.807) is 16.0 Å². The summed E-state index contributed by atoms with van der Waals surface area (Å²) < 4.78 is 2.35. The van der Waals surface area contributed by atoms with Gasteiger partial charge in [0.05, 0.1) is 16.6 Å². The standard InChI is InChI=1S/C20H27ClN4OS/c1-20(2,3)19(26)25-18(22-11-15-6-7-17(21)27-15)10-16(24-25)12-8-13-4-5-14(9-12)23-13/h6-7,10,12-14,22-23H,4-5,8-9,11H2,1-3H3. The van der Waals surface area contributed by atoms with Gasteiger partial charge in [-0.2, -0.15) is 9.78 Å². The third kappa shape index (κ3) is 4.08. The Labute approximate surface area is 169 Å². The molecule has 7 heteroatoms. The van der Waals surface area contributed by atoms with E-state index in [0.717, 1.165) is 33.6 Å². The van der Waals surface area contributed by atoms with Crippen LogP contribution >= 0.6 is 22.9 Å². The molecule has 2 unspecified atom stereocenters. The van der Waals surface area contributed by atoms with Crippen LogP contribution in [-0.2, 0) is 6.54 Å². The highest BCUT2D eigenvalue weighted by molar-refractivity contribution is 7.16. The van der Waals surface area contributed by atoms with Crippen molar-refractivity contribution in [1.82, 2.24) is 15.1 Å². The molecular weight excluding hydrogens is 380 g/mol. The van der Waals surface area contributed by atoms with Gasteiger partial charge in [0.25, 0.3) is 5.91 Å². The molecule has 146 valence electrons. The number of rotatable bonds is 4. The summed E-state index contributed by atoms with van der Waals surface area (Å²) >= 11 is 7.59. The van der Waals surface area contributed by atoms with Gasteiger partial charge >= 0.3 is 0 Å². The number of thiophene rings is 1. The molecule has 5 nitrogen and oxygen atoms in total. The highest BCUT2D eigenvalue weighted by Crippen LogP contribution is 2.38. The molecule has 27 heavy (non-hydrogen) atoms. The monoisotopic (exact) mass is 406 g/mol. The average molecular weight is 407 g/mol. The van der Waals surface area contributed by atoms with Crippen LogP contribution in [0.4, 0.5) is 5.82 Å². The van der Waals surface area contributed by atoms with Gasteiger partial charge in [-0.3, -0.25) is 4.79 Å². The lowest BCUT2D eigenvalue weighted by atomic mass is 9.90. The fraction of sp³-hybridized carbons (Fsp3) is 0.600. The molecule has 0 spiro atoms. The maximum Gasteiger partial charge on any atom is 0.254 e. The number of nitrogens with zero attached hydrogens (tertiary/aromatic N) is 2. The van der Waals surface area contributed by atoms with Crippen LogP contribution in [0.1, 0.15) is 67.7 Å². The Bertz CT molecular complexity index is 825. The molecule has 4 heterocycles. The molecule has 0 aliphatic carbocycles. The zero-order valence-electron chi connectivity index (χ0n) is 16.1. The van der Waals surface area contributed by atoms with Crippen molar-refractivity contribution in [2.75, 3.05) is 5.32 Å². The Morgan fingerprint density at radius 2 is 2.04 bits per heavy atom. The highest BCUT2D eigenvalue weighted by Gasteiger charge is 2.36. The van der Waals surface area contributed by atoms with Gasteiger partial charge in [-0.15, -0.1) is 11.3 Å². The predicted molar refractivity (Wildman–Crippen MR) is 111 cm³/mol. The molecule has 4 rings (SSSR count). The Morgan fingerprint density at radius 1 is 1.33 bits per heavy atom. The van der Waals surface area contributed by atoms with Gasteiger partial charge < -0.3 is 10.6 Å². The van der Waals surface area contributed by atoms with Gasteiger partial charge in [0.15, 0.2) is 0 Å². The maximum absolute atomic E-state index is 13.0. The lowest BCUT2D eigenvalue weighted by Crippen LogP contribution is -2.37. The molecule has 2 fully saturated rings. The van der Waals surface area contributed by atoms with Crippen LogP contribution < -0.4 is 10.6 Å². The molecule has 2 aliphatic heterocycles. The average Bonchev–Trinajstić information content (AvgIpc) is 3.30. The minimum absolute atomic E-state index is 0.0115. The number of fused-ring (bicyclic) bond motifs is 2. The van der Waals surface area contributed by atoms with Crippen molar-refractivity contribution in [2.24, 2.45) is 5.41 Å². The molecular formula is C20H27ClN4OS. The Hall–Kier alpha value is -1.37. The number of anilines is 1. The zero-order chi connectivity index (χ0) is 19.2. The first-order valence-corrected chi connectivity index (χ1v) is 10.9. The second-order valence-corrected chi connectivity index (χ2v) is 10.6. The normalized spacial score (nSPS) is 25.0. The van der Waals surface area contributed by atoms with Crippen molar-refractivity contribution >= 4 is 34.7 Å². The first-order chi connectivity index (χ1) is 12.8. The SMILES string of the molecule is CC(C)(C)C(=O)n1nc(C2CC3CCC(C2)N3)cc1NCc1ccc(Cl)s1. The van der Waals surface area contributed by atoms with E-state index in [2.05, 4.69) is 16.7 Å². The van der Waals surface area contributed by atoms with Gasteiger partial charge in [-0.1, -0.05) is 32.4 Å². The molecule has 2 saturated heterocycles. The van der Waals surface area contributed by atoms with Crippen molar-refractivity contribution in [1.29, 1.82) is 0 Å². The third-order valence-corrected chi connectivity index (χ3v) is 6.76. The summed E-state index contributed by atoms with van der Waals surface area (Å²) in [6, 6.07) is 7.19. The van der Waals surface area contributed by atoms with Gasteiger partial charge in [0.1, 0.15) is 5.82 Å². The summed E-state index contributed by atoms with van der Waals surface area (Å²) in [5, 5.41) is 11.9. The molecule has 2 atom stereocenters. The summed E-state index contributed by atoms with van der Waals surface area (Å²) in [7, 11) is 0. The number of hydrogen-bond acceptors (Lipinski definition) is 5. The molecule has 2 aromatic heterocycles. The van der Waals surface area contributed by atoms with E-state index in [1.165, 1.54) is 12.8 Å². The van der Waals surface area contributed by atoms with E-state index >= 15 is 0 Å². The van der Waals surface area contributed by atoms with Crippen LogP contribution in [0, 0.1) is 5.41 Å². The second kappa shape index (κ2) is 7.22. The topological polar surface area (TPSA) is 59.0 Å². The third-order valence-electron chi connectivity index (χ3n) is 5.53. The van der Waals surface area contributed by atoms with Crippen molar-refractivity contribution in [3.8, 4) is 0 Å². The molecule has 0 radical (unpaired) electrons. The molecule has 0 amide bonds. The van der Waals surface area contributed by atoms with E-state index in [-0.39, 0.29) is 5.91 Å². The van der Waals surface area contributed by atoms with Crippen LogP contribution in [0.5, 0.6) is 0 Å². The fourth-order valence-electron chi connectivity index (χ4n) is 4.12. The predicted octanol–water partition coefficient (Wildman–Crippen LogP) is 4.89. The number of carbonyl (C=O) groups excluding carboxylic acids is 1. The van der Waals surface area contributed by atoms with E-state index in [0.29, 0.717) is 24.5 Å². The van der Waals surface area contributed by atoms with Crippen LogP contribution in [0.3, 0.4) is 0 Å². The number of piperidine rings is 1. The summed E-state index contributed by atoms with van der Waals surface area (Å²) in [5.41, 5.74) is 0.553. The first-order valence-electron chi connectivity index (χ1n) is 9.68. The Balaban J connectivity index is 1.59. The van der Waals surface area contributed by atoms with Gasteiger partial charge in [-0.25, -0.2) is 0 Å². The molecule has 2 aliphatic rings. The fourth-order valence-corrected chi connectivity index (χ4v) is 5.15. The smallest absolute Gasteiger partial charge is 0.254 e. The van der Waals surface area contributed by atoms with Crippen LogP contribution in [0.25, 0.3) is 0 Å². The molecule has 0 aromatic carbocycles. The molecule has 2 bridgehead atoms. The zero-order valence-corrected chi connectivity index (χ0v) is 17.7. The first kappa shape index (κ1) is 19.0. The van der Waals surface area contributed by atoms with Crippen LogP contribution in [-0.4, -0.2) is 27.8 Å². The number of hydrogen-bond donors (Lipinski definition) is 2. The van der Waals surface area contributed by atoms with Crippen LogP contribution in [0.2, 0.25) is 4.34 Å². The Kier molecular flexibility index (Phi) is 5.08. The second-order valence-electron chi connectivity index (χ2n) is 8.79. The van der Waals surface area contributed by atoms with Gasteiger partial charge in [0, 0.05) is 34.4 Å². The quantitative estimate of drug-likeness (QED) is 0.758. The molecule has 2 aromatic rings. The summed E-state index contributed by atoms with van der Waals surface area (Å²) in [4.78, 5) is 14.1. The minimum Gasteiger partial charge on any atom is -0.365 e. The van der Waals surface area contributed by atoms with E-state index in [1.807, 2.05) is 32.9 Å². The summed E-state index contributed by atoms with van der Waals surface area (Å²) in [6.45, 7) is 6.44. The van der Waals surface area contributed by atoms with E-state index < -0.39 is 5.41 Å². The number of halogens is 1. The van der Waals surface area contributed by atoms with E-state index in [9.17, 15) is 4.79 Å². The lowest BCUT2D eigenvalue weighted by molar-refractivity contribution is 0.0751. The number of carbonyl (C=O) groups is 1. The minimum atomic E-state index is -0.487. The Morgan fingerprint density at radius 3 is 2.63 bits per heavy atom. The highest BCUT2D eigenvalue weighted by atomic mass is 35.5. The molecule has 0 saturated carbocycles. The largest absolute Gasteiger partial charge is 0.365 e. The maximum atomic E-state index is 13.0. The van der Waals surface area contributed by atoms with E-state index in [4.69, 9.17) is 16.7 Å². The summed E-state index contributed by atoms with van der Waals surface area (Å²) in [5.74, 6) is 1.21. The van der Waals surface area contributed by atoms with Gasteiger partial charge in [0.2, 0.25) is 0 Å².